The van der Waals surface area contributed by atoms with E-state index >= 15 is 0 Å². The summed E-state index contributed by atoms with van der Waals surface area (Å²) in [5.74, 6) is 6.38. The fourth-order valence-electron chi connectivity index (χ4n) is 8.05. The first-order valence-corrected chi connectivity index (χ1v) is 11.4. The Kier molecular flexibility index (Phi) is 4.58. The van der Waals surface area contributed by atoms with Gasteiger partial charge >= 0.3 is 0 Å². The predicted octanol–water partition coefficient (Wildman–Crippen LogP) is 7.47. The van der Waals surface area contributed by atoms with E-state index in [0.717, 1.165) is 35.5 Å². The normalized spacial score (nSPS) is 45.5. The molecule has 0 spiro atoms. The molecule has 0 aliphatic heterocycles. The van der Waals surface area contributed by atoms with E-state index in [2.05, 4.69) is 27.7 Å². The lowest BCUT2D eigenvalue weighted by Gasteiger charge is -2.55. The fourth-order valence-corrected chi connectivity index (χ4v) is 8.05. The van der Waals surface area contributed by atoms with Gasteiger partial charge in [0.1, 0.15) is 0 Å². The molecule has 0 heteroatoms. The van der Waals surface area contributed by atoms with Crippen LogP contribution in [-0.4, -0.2) is 0 Å². The van der Waals surface area contributed by atoms with Gasteiger partial charge in [0.15, 0.2) is 0 Å². The SMILES string of the molecule is CC1CC(C(C)(C)C2(C)CCCCC2)CC2C1CC1CCCCC12. The summed E-state index contributed by atoms with van der Waals surface area (Å²) >= 11 is 0. The minimum atomic E-state index is 0.541. The molecule has 4 rings (SSSR count). The average molecular weight is 331 g/mol. The van der Waals surface area contributed by atoms with Crippen LogP contribution in [-0.2, 0) is 0 Å². The summed E-state index contributed by atoms with van der Waals surface area (Å²) in [6, 6.07) is 0. The van der Waals surface area contributed by atoms with Crippen LogP contribution in [0, 0.1) is 46.3 Å². The van der Waals surface area contributed by atoms with E-state index in [1.807, 2.05) is 0 Å². The van der Waals surface area contributed by atoms with Crippen LogP contribution in [0.2, 0.25) is 0 Å². The zero-order valence-electron chi connectivity index (χ0n) is 16.9. The molecule has 0 N–H and O–H groups in total. The summed E-state index contributed by atoms with van der Waals surface area (Å²) in [4.78, 5) is 0. The van der Waals surface area contributed by atoms with Crippen molar-refractivity contribution in [2.24, 2.45) is 46.3 Å². The Morgan fingerprint density at radius 2 is 1.46 bits per heavy atom. The second kappa shape index (κ2) is 6.31. The molecule has 0 bridgehead atoms. The van der Waals surface area contributed by atoms with Crippen molar-refractivity contribution < 1.29 is 0 Å². The minimum Gasteiger partial charge on any atom is -0.0622 e. The van der Waals surface area contributed by atoms with E-state index in [1.54, 1.807) is 25.7 Å². The molecule has 6 unspecified atom stereocenters. The third-order valence-electron chi connectivity index (χ3n) is 10.1. The molecule has 0 aromatic carbocycles. The molecule has 4 aliphatic carbocycles. The first-order chi connectivity index (χ1) is 11.4. The Morgan fingerprint density at radius 1 is 0.750 bits per heavy atom. The predicted molar refractivity (Wildman–Crippen MR) is 104 cm³/mol. The smallest absolute Gasteiger partial charge is 0.0272 e. The van der Waals surface area contributed by atoms with Gasteiger partial charge in [0, 0.05) is 0 Å². The Morgan fingerprint density at radius 3 is 2.21 bits per heavy atom. The van der Waals surface area contributed by atoms with Gasteiger partial charge in [-0.1, -0.05) is 66.2 Å². The van der Waals surface area contributed by atoms with Gasteiger partial charge in [-0.2, -0.15) is 0 Å². The van der Waals surface area contributed by atoms with E-state index in [4.69, 9.17) is 0 Å². The molecule has 138 valence electrons. The van der Waals surface area contributed by atoms with E-state index in [9.17, 15) is 0 Å². The average Bonchev–Trinajstić information content (AvgIpc) is 2.95. The molecule has 0 heterocycles. The summed E-state index contributed by atoms with van der Waals surface area (Å²) in [5, 5.41) is 0. The highest BCUT2D eigenvalue weighted by atomic mass is 14.6. The molecule has 0 aromatic heterocycles. The van der Waals surface area contributed by atoms with Crippen LogP contribution in [0.3, 0.4) is 0 Å². The van der Waals surface area contributed by atoms with Crippen molar-refractivity contribution >= 4 is 0 Å². The standard InChI is InChI=1S/C24H42/c1-17-14-19(23(2,3)24(4)12-8-5-9-13-24)16-22-20-11-7-6-10-18(20)15-21(17)22/h17-22H,5-16H2,1-4H3. The van der Waals surface area contributed by atoms with E-state index in [1.165, 1.54) is 51.4 Å². The lowest BCUT2D eigenvalue weighted by Crippen LogP contribution is -2.46. The quantitative estimate of drug-likeness (QED) is 0.492. The van der Waals surface area contributed by atoms with E-state index in [0.29, 0.717) is 10.8 Å². The third-order valence-corrected chi connectivity index (χ3v) is 10.1. The van der Waals surface area contributed by atoms with Gasteiger partial charge in [-0.05, 0) is 84.9 Å². The largest absolute Gasteiger partial charge is 0.0622 e. The van der Waals surface area contributed by atoms with Gasteiger partial charge in [0.2, 0.25) is 0 Å². The maximum atomic E-state index is 2.67. The first-order valence-electron chi connectivity index (χ1n) is 11.4. The molecular weight excluding hydrogens is 288 g/mol. The Labute approximate surface area is 151 Å². The zero-order chi connectivity index (χ0) is 16.9. The van der Waals surface area contributed by atoms with Crippen LogP contribution < -0.4 is 0 Å². The monoisotopic (exact) mass is 330 g/mol. The van der Waals surface area contributed by atoms with Gasteiger partial charge in [0.25, 0.3) is 0 Å². The van der Waals surface area contributed by atoms with Crippen molar-refractivity contribution in [3.63, 3.8) is 0 Å². The van der Waals surface area contributed by atoms with Gasteiger partial charge < -0.3 is 0 Å². The molecule has 6 atom stereocenters. The molecule has 4 fully saturated rings. The second-order valence-electron chi connectivity index (χ2n) is 11.3. The lowest BCUT2D eigenvalue weighted by molar-refractivity contribution is -0.0539. The summed E-state index contributed by atoms with van der Waals surface area (Å²) in [6.45, 7) is 10.6. The summed E-state index contributed by atoms with van der Waals surface area (Å²) in [5.41, 5.74) is 1.15. The molecule has 0 amide bonds. The third kappa shape index (κ3) is 2.69. The highest BCUT2D eigenvalue weighted by molar-refractivity contribution is 5.03. The molecule has 4 aliphatic rings. The van der Waals surface area contributed by atoms with Crippen molar-refractivity contribution in [1.29, 1.82) is 0 Å². The van der Waals surface area contributed by atoms with Gasteiger partial charge in [-0.15, -0.1) is 0 Å². The molecular formula is C24H42. The van der Waals surface area contributed by atoms with Crippen LogP contribution in [0.5, 0.6) is 0 Å². The van der Waals surface area contributed by atoms with Crippen LogP contribution >= 0.6 is 0 Å². The summed E-state index contributed by atoms with van der Waals surface area (Å²) < 4.78 is 0. The van der Waals surface area contributed by atoms with E-state index in [-0.39, 0.29) is 0 Å². The highest BCUT2D eigenvalue weighted by Gasteiger charge is 2.54. The summed E-state index contributed by atoms with van der Waals surface area (Å²) in [6.07, 6.45) is 18.4. The van der Waals surface area contributed by atoms with Crippen molar-refractivity contribution in [1.82, 2.24) is 0 Å². The lowest BCUT2D eigenvalue weighted by atomic mass is 9.50. The van der Waals surface area contributed by atoms with Gasteiger partial charge in [-0.25, -0.2) is 0 Å². The zero-order valence-corrected chi connectivity index (χ0v) is 16.9. The van der Waals surface area contributed by atoms with Crippen molar-refractivity contribution in [3.05, 3.63) is 0 Å². The van der Waals surface area contributed by atoms with Crippen molar-refractivity contribution in [3.8, 4) is 0 Å². The molecule has 0 nitrogen and oxygen atoms in total. The minimum absolute atomic E-state index is 0.541. The summed E-state index contributed by atoms with van der Waals surface area (Å²) in [7, 11) is 0. The van der Waals surface area contributed by atoms with Crippen LogP contribution in [0.15, 0.2) is 0 Å². The van der Waals surface area contributed by atoms with Gasteiger partial charge in [0.05, 0.1) is 0 Å². The Bertz CT molecular complexity index is 439. The molecule has 24 heavy (non-hydrogen) atoms. The Hall–Kier alpha value is 0. The molecule has 0 saturated heterocycles. The highest BCUT2D eigenvalue weighted by Crippen LogP contribution is 2.62. The van der Waals surface area contributed by atoms with Gasteiger partial charge in [-0.3, -0.25) is 0 Å². The van der Waals surface area contributed by atoms with E-state index < -0.39 is 0 Å². The van der Waals surface area contributed by atoms with Crippen molar-refractivity contribution in [2.45, 2.75) is 105 Å². The number of hydrogen-bond donors (Lipinski definition) is 0. The number of hydrogen-bond acceptors (Lipinski definition) is 0. The molecule has 0 aromatic rings. The van der Waals surface area contributed by atoms with Crippen LogP contribution in [0.4, 0.5) is 0 Å². The maximum absolute atomic E-state index is 2.67. The number of rotatable bonds is 2. The molecule has 0 radical (unpaired) electrons. The molecule has 4 saturated carbocycles. The topological polar surface area (TPSA) is 0 Å². The Balaban J connectivity index is 1.54. The first kappa shape index (κ1) is 17.4. The van der Waals surface area contributed by atoms with Crippen LogP contribution in [0.25, 0.3) is 0 Å². The second-order valence-corrected chi connectivity index (χ2v) is 11.3. The maximum Gasteiger partial charge on any atom is -0.0272 e. The van der Waals surface area contributed by atoms with Crippen LogP contribution in [0.1, 0.15) is 105 Å². The number of fused-ring (bicyclic) bond motifs is 3. The fraction of sp³-hybridized carbons (Fsp3) is 1.00. The van der Waals surface area contributed by atoms with Crippen molar-refractivity contribution in [2.75, 3.05) is 0 Å².